The Morgan fingerprint density at radius 3 is 2.88 bits per heavy atom. The van der Waals surface area contributed by atoms with E-state index < -0.39 is 0 Å². The number of hydrogen-bond acceptors (Lipinski definition) is 3. The van der Waals surface area contributed by atoms with Gasteiger partial charge in [-0.1, -0.05) is 6.92 Å². The van der Waals surface area contributed by atoms with Crippen molar-refractivity contribution in [1.82, 2.24) is 10.2 Å². The lowest BCUT2D eigenvalue weighted by atomic mass is 10.1. The van der Waals surface area contributed by atoms with E-state index in [1.165, 1.54) is 0 Å². The van der Waals surface area contributed by atoms with Crippen LogP contribution in [-0.4, -0.2) is 41.9 Å². The Morgan fingerprint density at radius 2 is 2.29 bits per heavy atom. The average Bonchev–Trinajstić information content (AvgIpc) is 3.12. The van der Waals surface area contributed by atoms with E-state index in [2.05, 4.69) is 5.32 Å². The van der Waals surface area contributed by atoms with E-state index >= 15 is 0 Å². The molecule has 0 spiro atoms. The number of piperazine rings is 1. The summed E-state index contributed by atoms with van der Waals surface area (Å²) in [6.07, 6.45) is 3.34. The molecule has 2 aliphatic rings. The van der Waals surface area contributed by atoms with Crippen LogP contribution in [0.25, 0.3) is 0 Å². The van der Waals surface area contributed by atoms with Crippen molar-refractivity contribution in [1.29, 1.82) is 0 Å². The molecule has 0 radical (unpaired) electrons. The molecule has 0 aromatic carbocycles. The van der Waals surface area contributed by atoms with Gasteiger partial charge in [0, 0.05) is 25.6 Å². The van der Waals surface area contributed by atoms with Crippen molar-refractivity contribution in [2.75, 3.05) is 13.1 Å². The van der Waals surface area contributed by atoms with Gasteiger partial charge in [0.2, 0.25) is 11.8 Å². The van der Waals surface area contributed by atoms with Crippen LogP contribution < -0.4 is 11.1 Å². The van der Waals surface area contributed by atoms with Crippen LogP contribution >= 0.6 is 0 Å². The smallest absolute Gasteiger partial charge is 0.242 e. The summed E-state index contributed by atoms with van der Waals surface area (Å²) in [5, 5.41) is 2.79. The molecule has 17 heavy (non-hydrogen) atoms. The van der Waals surface area contributed by atoms with Crippen LogP contribution in [-0.2, 0) is 9.59 Å². The fourth-order valence-corrected chi connectivity index (χ4v) is 2.43. The molecular weight excluding hydrogens is 218 g/mol. The third-order valence-electron chi connectivity index (χ3n) is 3.68. The molecule has 0 aromatic heterocycles. The van der Waals surface area contributed by atoms with Crippen molar-refractivity contribution in [3.05, 3.63) is 0 Å². The Balaban J connectivity index is 1.93. The van der Waals surface area contributed by atoms with Gasteiger partial charge < -0.3 is 16.0 Å². The predicted molar refractivity (Wildman–Crippen MR) is 64.1 cm³/mol. The van der Waals surface area contributed by atoms with Crippen LogP contribution in [0.3, 0.4) is 0 Å². The molecule has 1 aliphatic carbocycles. The van der Waals surface area contributed by atoms with Crippen LogP contribution in [0.2, 0.25) is 0 Å². The number of hydrogen-bond donors (Lipinski definition) is 2. The highest BCUT2D eigenvalue weighted by Crippen LogP contribution is 2.33. The second-order valence-corrected chi connectivity index (χ2v) is 5.01. The molecule has 2 amide bonds. The molecule has 1 saturated carbocycles. The second kappa shape index (κ2) is 5.04. The minimum absolute atomic E-state index is 0.0232. The van der Waals surface area contributed by atoms with E-state index in [4.69, 9.17) is 5.73 Å². The van der Waals surface area contributed by atoms with E-state index in [1.807, 2.05) is 6.92 Å². The van der Waals surface area contributed by atoms with Gasteiger partial charge in [-0.25, -0.2) is 0 Å². The molecule has 0 aromatic rings. The monoisotopic (exact) mass is 239 g/mol. The highest BCUT2D eigenvalue weighted by Gasteiger charge is 2.35. The Kier molecular flexibility index (Phi) is 3.66. The maximum atomic E-state index is 12.1. The first-order chi connectivity index (χ1) is 8.13. The summed E-state index contributed by atoms with van der Waals surface area (Å²) in [5.74, 6) is 0.524. The van der Waals surface area contributed by atoms with Crippen molar-refractivity contribution in [2.45, 2.75) is 44.7 Å². The molecule has 96 valence electrons. The first-order valence-corrected chi connectivity index (χ1v) is 6.46. The Morgan fingerprint density at radius 1 is 1.59 bits per heavy atom. The molecule has 1 heterocycles. The molecule has 2 unspecified atom stereocenters. The fraction of sp³-hybridized carbons (Fsp3) is 0.833. The number of carbonyl (C=O) groups is 2. The minimum Gasteiger partial charge on any atom is -0.353 e. The molecule has 5 nitrogen and oxygen atoms in total. The largest absolute Gasteiger partial charge is 0.353 e. The maximum Gasteiger partial charge on any atom is 0.242 e. The van der Waals surface area contributed by atoms with Crippen molar-refractivity contribution in [3.63, 3.8) is 0 Å². The first kappa shape index (κ1) is 12.4. The van der Waals surface area contributed by atoms with Crippen molar-refractivity contribution in [2.24, 2.45) is 11.7 Å². The summed E-state index contributed by atoms with van der Waals surface area (Å²) < 4.78 is 0. The summed E-state index contributed by atoms with van der Waals surface area (Å²) in [5.41, 5.74) is 5.96. The average molecular weight is 239 g/mol. The van der Waals surface area contributed by atoms with Crippen LogP contribution in [0.15, 0.2) is 0 Å². The van der Waals surface area contributed by atoms with Crippen molar-refractivity contribution < 1.29 is 9.59 Å². The quantitative estimate of drug-likeness (QED) is 0.716. The first-order valence-electron chi connectivity index (χ1n) is 6.46. The van der Waals surface area contributed by atoms with Crippen LogP contribution in [0, 0.1) is 5.92 Å². The Bertz CT molecular complexity index is 315. The molecule has 0 bridgehead atoms. The molecule has 2 atom stereocenters. The number of amides is 2. The standard InChI is InChI=1S/C12H21N3O2/c1-2-10-12(17)14-5-6-15(10)11(16)7-9(13)8-3-4-8/h8-10H,2-7,13H2,1H3,(H,14,17). The minimum atomic E-state index is -0.303. The van der Waals surface area contributed by atoms with Gasteiger partial charge in [-0.3, -0.25) is 9.59 Å². The highest BCUT2D eigenvalue weighted by atomic mass is 16.2. The van der Waals surface area contributed by atoms with Gasteiger partial charge in [-0.05, 0) is 25.2 Å². The zero-order valence-corrected chi connectivity index (χ0v) is 10.3. The summed E-state index contributed by atoms with van der Waals surface area (Å²) in [4.78, 5) is 25.5. The van der Waals surface area contributed by atoms with Crippen molar-refractivity contribution in [3.8, 4) is 0 Å². The molecule has 2 rings (SSSR count). The predicted octanol–water partition coefficient (Wildman–Crippen LogP) is -0.149. The van der Waals surface area contributed by atoms with E-state index in [1.54, 1.807) is 4.90 Å². The highest BCUT2D eigenvalue weighted by molar-refractivity contribution is 5.88. The molecular formula is C12H21N3O2. The van der Waals surface area contributed by atoms with Gasteiger partial charge in [0.1, 0.15) is 6.04 Å². The lowest BCUT2D eigenvalue weighted by Gasteiger charge is -2.35. The van der Waals surface area contributed by atoms with E-state index in [9.17, 15) is 9.59 Å². The normalized spacial score (nSPS) is 26.6. The summed E-state index contributed by atoms with van der Waals surface area (Å²) in [6, 6.07) is -0.326. The molecule has 1 saturated heterocycles. The molecule has 2 fully saturated rings. The number of rotatable bonds is 4. The van der Waals surface area contributed by atoms with E-state index in [0.29, 0.717) is 31.8 Å². The van der Waals surface area contributed by atoms with E-state index in [-0.39, 0.29) is 23.9 Å². The number of nitrogens with two attached hydrogens (primary N) is 1. The summed E-state index contributed by atoms with van der Waals surface area (Å²) >= 11 is 0. The fourth-order valence-electron chi connectivity index (χ4n) is 2.43. The SMILES string of the molecule is CCC1C(=O)NCCN1C(=O)CC(N)C1CC1. The van der Waals surface area contributed by atoms with Gasteiger partial charge in [0.15, 0.2) is 0 Å². The van der Waals surface area contributed by atoms with Gasteiger partial charge in [0.05, 0.1) is 0 Å². The van der Waals surface area contributed by atoms with Gasteiger partial charge in [-0.2, -0.15) is 0 Å². The Labute approximate surface area is 102 Å². The van der Waals surface area contributed by atoms with Crippen LogP contribution in [0.4, 0.5) is 0 Å². The lowest BCUT2D eigenvalue weighted by molar-refractivity contribution is -0.143. The van der Waals surface area contributed by atoms with Crippen molar-refractivity contribution >= 4 is 11.8 Å². The zero-order chi connectivity index (χ0) is 12.4. The molecule has 5 heteroatoms. The second-order valence-electron chi connectivity index (χ2n) is 5.01. The molecule has 1 aliphatic heterocycles. The van der Waals surface area contributed by atoms with Gasteiger partial charge >= 0.3 is 0 Å². The summed E-state index contributed by atoms with van der Waals surface area (Å²) in [7, 11) is 0. The van der Waals surface area contributed by atoms with Crippen LogP contribution in [0.5, 0.6) is 0 Å². The maximum absolute atomic E-state index is 12.1. The lowest BCUT2D eigenvalue weighted by Crippen LogP contribution is -2.57. The number of carbonyl (C=O) groups excluding carboxylic acids is 2. The number of nitrogens with zero attached hydrogens (tertiary/aromatic N) is 1. The Hall–Kier alpha value is -1.10. The van der Waals surface area contributed by atoms with Crippen LogP contribution in [0.1, 0.15) is 32.6 Å². The number of nitrogens with one attached hydrogen (secondary N) is 1. The van der Waals surface area contributed by atoms with E-state index in [0.717, 1.165) is 12.8 Å². The third-order valence-corrected chi connectivity index (χ3v) is 3.68. The topological polar surface area (TPSA) is 75.4 Å². The molecule has 3 N–H and O–H groups in total. The summed E-state index contributed by atoms with van der Waals surface area (Å²) in [6.45, 7) is 3.09. The van der Waals surface area contributed by atoms with Gasteiger partial charge in [-0.15, -0.1) is 0 Å². The zero-order valence-electron chi connectivity index (χ0n) is 10.3. The third kappa shape index (κ3) is 2.77. The van der Waals surface area contributed by atoms with Gasteiger partial charge in [0.25, 0.3) is 0 Å².